The molecule has 0 heterocycles. The highest BCUT2D eigenvalue weighted by Crippen LogP contribution is 2.12. The number of nitrogens with one attached hydrogen (secondary N) is 1. The summed E-state index contributed by atoms with van der Waals surface area (Å²) < 4.78 is 26.0. The first-order chi connectivity index (χ1) is 12.5. The molecule has 1 unspecified atom stereocenters. The van der Waals surface area contributed by atoms with E-state index in [1.807, 2.05) is 30.3 Å². The van der Waals surface area contributed by atoms with E-state index in [2.05, 4.69) is 5.32 Å². The van der Waals surface area contributed by atoms with Crippen LogP contribution in [0.25, 0.3) is 0 Å². The Kier molecular flexibility index (Phi) is 7.26. The number of aliphatic carboxylic acids is 1. The molecule has 0 fully saturated rings. The van der Waals surface area contributed by atoms with E-state index < -0.39 is 23.5 Å². The number of carboxylic acid groups (broad SMARTS) is 1. The third kappa shape index (κ3) is 6.27. The number of carbonyl (C=O) groups is 2. The molecular formula is C20H21F2NO3. The summed E-state index contributed by atoms with van der Waals surface area (Å²) in [6.07, 6.45) is 1.44. The molecule has 0 saturated carbocycles. The molecule has 0 saturated heterocycles. The van der Waals surface area contributed by atoms with Crippen LogP contribution < -0.4 is 5.32 Å². The Morgan fingerprint density at radius 1 is 1.00 bits per heavy atom. The van der Waals surface area contributed by atoms with Crippen molar-refractivity contribution in [2.45, 2.75) is 25.7 Å². The second-order valence-corrected chi connectivity index (χ2v) is 6.13. The number of hydrogen-bond acceptors (Lipinski definition) is 2. The van der Waals surface area contributed by atoms with E-state index in [0.29, 0.717) is 24.8 Å². The van der Waals surface area contributed by atoms with Crippen LogP contribution in [0.1, 0.15) is 24.0 Å². The van der Waals surface area contributed by atoms with Crippen molar-refractivity contribution in [2.24, 2.45) is 5.92 Å². The van der Waals surface area contributed by atoms with Crippen LogP contribution in [-0.2, 0) is 22.4 Å². The molecule has 0 radical (unpaired) electrons. The van der Waals surface area contributed by atoms with Gasteiger partial charge in [0.05, 0.1) is 5.92 Å². The van der Waals surface area contributed by atoms with Gasteiger partial charge in [-0.25, -0.2) is 8.78 Å². The number of halogens is 2. The van der Waals surface area contributed by atoms with E-state index in [1.54, 1.807) is 0 Å². The smallest absolute Gasteiger partial charge is 0.308 e. The maximum atomic E-state index is 13.1. The number of carbonyl (C=O) groups excluding carboxylic acids is 1. The highest BCUT2D eigenvalue weighted by molar-refractivity contribution is 5.77. The summed E-state index contributed by atoms with van der Waals surface area (Å²) >= 11 is 0. The van der Waals surface area contributed by atoms with Crippen molar-refractivity contribution in [2.75, 3.05) is 6.54 Å². The molecule has 1 atom stereocenters. The molecule has 0 spiro atoms. The molecule has 138 valence electrons. The van der Waals surface area contributed by atoms with Crippen LogP contribution >= 0.6 is 0 Å². The first-order valence-corrected chi connectivity index (χ1v) is 8.43. The van der Waals surface area contributed by atoms with Gasteiger partial charge in [-0.2, -0.15) is 0 Å². The van der Waals surface area contributed by atoms with Crippen molar-refractivity contribution in [1.82, 2.24) is 5.32 Å². The van der Waals surface area contributed by atoms with Crippen molar-refractivity contribution in [3.8, 4) is 0 Å². The minimum atomic E-state index is -0.962. The Morgan fingerprint density at radius 3 is 2.38 bits per heavy atom. The van der Waals surface area contributed by atoms with Gasteiger partial charge >= 0.3 is 5.97 Å². The van der Waals surface area contributed by atoms with E-state index in [9.17, 15) is 23.5 Å². The first kappa shape index (κ1) is 19.6. The summed E-state index contributed by atoms with van der Waals surface area (Å²) in [4.78, 5) is 23.3. The highest BCUT2D eigenvalue weighted by atomic mass is 19.2. The average molecular weight is 361 g/mol. The van der Waals surface area contributed by atoms with E-state index >= 15 is 0 Å². The summed E-state index contributed by atoms with van der Waals surface area (Å²) in [5.41, 5.74) is 1.51. The lowest BCUT2D eigenvalue weighted by Crippen LogP contribution is -2.34. The topological polar surface area (TPSA) is 66.4 Å². The molecule has 2 aromatic rings. The van der Waals surface area contributed by atoms with Crippen LogP contribution in [0, 0.1) is 17.6 Å². The van der Waals surface area contributed by atoms with Crippen LogP contribution in [0.3, 0.4) is 0 Å². The molecule has 0 aliphatic carbocycles. The van der Waals surface area contributed by atoms with E-state index in [4.69, 9.17) is 0 Å². The second kappa shape index (κ2) is 9.65. The number of rotatable bonds is 9. The molecule has 0 aliphatic rings. The van der Waals surface area contributed by atoms with E-state index in [-0.39, 0.29) is 18.9 Å². The van der Waals surface area contributed by atoms with Crippen molar-refractivity contribution >= 4 is 11.9 Å². The molecule has 6 heteroatoms. The quantitative estimate of drug-likeness (QED) is 0.720. The fourth-order valence-corrected chi connectivity index (χ4v) is 2.62. The van der Waals surface area contributed by atoms with Crippen molar-refractivity contribution in [3.05, 3.63) is 71.3 Å². The van der Waals surface area contributed by atoms with Crippen LogP contribution in [0.4, 0.5) is 8.78 Å². The third-order valence-electron chi connectivity index (χ3n) is 4.07. The highest BCUT2D eigenvalue weighted by Gasteiger charge is 2.18. The van der Waals surface area contributed by atoms with Gasteiger partial charge < -0.3 is 10.4 Å². The zero-order valence-corrected chi connectivity index (χ0v) is 14.3. The monoisotopic (exact) mass is 361 g/mol. The van der Waals surface area contributed by atoms with Crippen molar-refractivity contribution < 1.29 is 23.5 Å². The summed E-state index contributed by atoms with van der Waals surface area (Å²) in [5.74, 6) is -3.72. The fourth-order valence-electron chi connectivity index (χ4n) is 2.62. The van der Waals surface area contributed by atoms with Gasteiger partial charge in [-0.3, -0.25) is 9.59 Å². The molecule has 2 rings (SSSR count). The van der Waals surface area contributed by atoms with Crippen LogP contribution in [0.15, 0.2) is 48.5 Å². The zero-order chi connectivity index (χ0) is 18.9. The Balaban J connectivity index is 1.75. The Hall–Kier alpha value is -2.76. The molecule has 1 amide bonds. The molecule has 26 heavy (non-hydrogen) atoms. The normalized spacial score (nSPS) is 11.8. The van der Waals surface area contributed by atoms with Crippen LogP contribution in [0.2, 0.25) is 0 Å². The Bertz CT molecular complexity index is 750. The maximum absolute atomic E-state index is 13.1. The predicted molar refractivity (Wildman–Crippen MR) is 93.6 cm³/mol. The second-order valence-electron chi connectivity index (χ2n) is 6.13. The van der Waals surface area contributed by atoms with Gasteiger partial charge in [-0.1, -0.05) is 36.4 Å². The Labute approximate surface area is 150 Å². The number of benzene rings is 2. The molecule has 2 N–H and O–H groups in total. The van der Waals surface area contributed by atoms with Gasteiger partial charge in [0.2, 0.25) is 5.91 Å². The summed E-state index contributed by atoms with van der Waals surface area (Å²) in [5, 5.41) is 11.9. The first-order valence-electron chi connectivity index (χ1n) is 8.43. The van der Waals surface area contributed by atoms with Crippen molar-refractivity contribution in [1.29, 1.82) is 0 Å². The largest absolute Gasteiger partial charge is 0.481 e. The molecule has 0 aliphatic heterocycles. The lowest BCUT2D eigenvalue weighted by Gasteiger charge is -2.13. The SMILES string of the molecule is O=C(CCCc1ccc(F)c(F)c1)NCC(Cc1ccccc1)C(=O)O. The predicted octanol–water partition coefficient (Wildman–Crippen LogP) is 3.35. The molecule has 2 aromatic carbocycles. The summed E-state index contributed by atoms with van der Waals surface area (Å²) in [6.45, 7) is 0.0498. The summed E-state index contributed by atoms with van der Waals surface area (Å²) in [6, 6.07) is 12.9. The summed E-state index contributed by atoms with van der Waals surface area (Å²) in [7, 11) is 0. The number of hydrogen-bond donors (Lipinski definition) is 2. The maximum Gasteiger partial charge on any atom is 0.308 e. The van der Waals surface area contributed by atoms with E-state index in [1.165, 1.54) is 6.07 Å². The minimum absolute atomic E-state index is 0.0498. The van der Waals surface area contributed by atoms with Gasteiger partial charge in [-0.15, -0.1) is 0 Å². The Morgan fingerprint density at radius 2 is 1.73 bits per heavy atom. The van der Waals surface area contributed by atoms with Gasteiger partial charge in [0.1, 0.15) is 0 Å². The van der Waals surface area contributed by atoms with Gasteiger partial charge in [0.15, 0.2) is 11.6 Å². The van der Waals surface area contributed by atoms with Gasteiger partial charge in [0, 0.05) is 13.0 Å². The van der Waals surface area contributed by atoms with Gasteiger partial charge in [-0.05, 0) is 42.5 Å². The minimum Gasteiger partial charge on any atom is -0.481 e. The van der Waals surface area contributed by atoms with Crippen LogP contribution in [0.5, 0.6) is 0 Å². The van der Waals surface area contributed by atoms with Crippen molar-refractivity contribution in [3.63, 3.8) is 0 Å². The van der Waals surface area contributed by atoms with E-state index in [0.717, 1.165) is 17.7 Å². The molecule has 4 nitrogen and oxygen atoms in total. The molecule has 0 bridgehead atoms. The van der Waals surface area contributed by atoms with Gasteiger partial charge in [0.25, 0.3) is 0 Å². The zero-order valence-electron chi connectivity index (χ0n) is 14.3. The number of carboxylic acids is 1. The lowest BCUT2D eigenvalue weighted by molar-refractivity contribution is -0.141. The molecule has 0 aromatic heterocycles. The van der Waals surface area contributed by atoms with Crippen LogP contribution in [-0.4, -0.2) is 23.5 Å². The number of aryl methyl sites for hydroxylation is 1. The number of amides is 1. The third-order valence-corrected chi connectivity index (χ3v) is 4.07. The average Bonchev–Trinajstić information content (AvgIpc) is 2.62. The lowest BCUT2D eigenvalue weighted by atomic mass is 9.99. The standard InChI is InChI=1S/C20H21F2NO3/c21-17-10-9-15(12-18(17)22)7-4-8-19(24)23-13-16(20(25)26)11-14-5-2-1-3-6-14/h1-3,5-6,9-10,12,16H,4,7-8,11,13H2,(H,23,24)(H,25,26). The fraction of sp³-hybridized carbons (Fsp3) is 0.300. The molecular weight excluding hydrogens is 340 g/mol.